The van der Waals surface area contributed by atoms with Gasteiger partial charge in [-0.15, -0.1) is 16.4 Å². The highest BCUT2D eigenvalue weighted by Crippen LogP contribution is 2.34. The van der Waals surface area contributed by atoms with Gasteiger partial charge in [0.05, 0.1) is 17.9 Å². The number of thiophene rings is 1. The van der Waals surface area contributed by atoms with Crippen molar-refractivity contribution < 1.29 is 0 Å². The lowest BCUT2D eigenvalue weighted by atomic mass is 10.1. The van der Waals surface area contributed by atoms with Crippen LogP contribution in [0.25, 0.3) is 0 Å². The second-order valence-electron chi connectivity index (χ2n) is 5.23. The molecule has 2 heterocycles. The van der Waals surface area contributed by atoms with E-state index in [1.54, 1.807) is 6.20 Å². The molecule has 0 saturated carbocycles. The van der Waals surface area contributed by atoms with Gasteiger partial charge >= 0.3 is 0 Å². The monoisotopic (exact) mass is 291 g/mol. The first-order valence-electron chi connectivity index (χ1n) is 7.29. The van der Waals surface area contributed by atoms with Crippen molar-refractivity contribution in [2.24, 2.45) is 5.84 Å². The second-order valence-corrected chi connectivity index (χ2v) is 6.40. The SMILES string of the molecule is CCn1nncc1C(NN)c1cc2c(s1)CCCCC2. The molecule has 1 aliphatic rings. The summed E-state index contributed by atoms with van der Waals surface area (Å²) in [6.07, 6.45) is 8.18. The maximum atomic E-state index is 5.80. The number of hydrazine groups is 1. The Morgan fingerprint density at radius 1 is 1.40 bits per heavy atom. The lowest BCUT2D eigenvalue weighted by molar-refractivity contribution is 0.539. The van der Waals surface area contributed by atoms with E-state index in [0.717, 1.165) is 12.2 Å². The molecule has 5 nitrogen and oxygen atoms in total. The van der Waals surface area contributed by atoms with Gasteiger partial charge < -0.3 is 0 Å². The van der Waals surface area contributed by atoms with Crippen LogP contribution >= 0.6 is 11.3 Å². The summed E-state index contributed by atoms with van der Waals surface area (Å²) in [7, 11) is 0. The van der Waals surface area contributed by atoms with Crippen LogP contribution in [0.15, 0.2) is 12.3 Å². The summed E-state index contributed by atoms with van der Waals surface area (Å²) >= 11 is 1.89. The minimum absolute atomic E-state index is 0.0122. The number of rotatable bonds is 4. The molecule has 2 aromatic heterocycles. The van der Waals surface area contributed by atoms with Gasteiger partial charge in [0.25, 0.3) is 0 Å². The van der Waals surface area contributed by atoms with Gasteiger partial charge in [-0.05, 0) is 44.2 Å². The molecule has 1 aliphatic carbocycles. The predicted octanol–water partition coefficient (Wildman–Crippen LogP) is 2.18. The molecule has 2 aromatic rings. The maximum absolute atomic E-state index is 5.80. The molecule has 3 rings (SSSR count). The van der Waals surface area contributed by atoms with E-state index in [-0.39, 0.29) is 6.04 Å². The highest BCUT2D eigenvalue weighted by Gasteiger charge is 2.22. The van der Waals surface area contributed by atoms with Crippen molar-refractivity contribution in [2.75, 3.05) is 0 Å². The third kappa shape index (κ3) is 2.51. The minimum atomic E-state index is -0.0122. The number of aromatic nitrogens is 3. The summed E-state index contributed by atoms with van der Waals surface area (Å²) in [5.41, 5.74) is 5.48. The average Bonchev–Trinajstić information content (AvgIpc) is 3.02. The molecule has 1 unspecified atom stereocenters. The zero-order valence-electron chi connectivity index (χ0n) is 11.8. The summed E-state index contributed by atoms with van der Waals surface area (Å²) in [6.45, 7) is 2.87. The van der Waals surface area contributed by atoms with Gasteiger partial charge in [0.15, 0.2) is 0 Å². The molecular formula is C14H21N5S. The highest BCUT2D eigenvalue weighted by atomic mass is 32.1. The maximum Gasteiger partial charge on any atom is 0.0986 e. The summed E-state index contributed by atoms with van der Waals surface area (Å²) in [5.74, 6) is 5.80. The first-order chi connectivity index (χ1) is 9.83. The molecular weight excluding hydrogens is 270 g/mol. The van der Waals surface area contributed by atoms with Crippen LogP contribution in [0.2, 0.25) is 0 Å². The van der Waals surface area contributed by atoms with Crippen LogP contribution in [-0.2, 0) is 19.4 Å². The Balaban J connectivity index is 1.94. The van der Waals surface area contributed by atoms with Crippen molar-refractivity contribution in [2.45, 2.75) is 51.6 Å². The number of aryl methyl sites for hydroxylation is 3. The topological polar surface area (TPSA) is 68.8 Å². The van der Waals surface area contributed by atoms with E-state index < -0.39 is 0 Å². The van der Waals surface area contributed by atoms with E-state index in [2.05, 4.69) is 28.7 Å². The fraction of sp³-hybridized carbons (Fsp3) is 0.571. The van der Waals surface area contributed by atoms with E-state index in [1.165, 1.54) is 47.4 Å². The van der Waals surface area contributed by atoms with Crippen molar-refractivity contribution in [3.05, 3.63) is 33.3 Å². The van der Waals surface area contributed by atoms with Crippen molar-refractivity contribution in [1.29, 1.82) is 0 Å². The lowest BCUT2D eigenvalue weighted by Crippen LogP contribution is -2.30. The normalized spacial score (nSPS) is 16.7. The fourth-order valence-electron chi connectivity index (χ4n) is 2.88. The van der Waals surface area contributed by atoms with Crippen LogP contribution in [0, 0.1) is 0 Å². The summed E-state index contributed by atoms with van der Waals surface area (Å²) in [4.78, 5) is 2.81. The molecule has 3 N–H and O–H groups in total. The smallest absolute Gasteiger partial charge is 0.0986 e. The van der Waals surface area contributed by atoms with Crippen LogP contribution < -0.4 is 11.3 Å². The second kappa shape index (κ2) is 6.03. The van der Waals surface area contributed by atoms with E-state index in [9.17, 15) is 0 Å². The Morgan fingerprint density at radius 2 is 2.25 bits per heavy atom. The molecule has 1 atom stereocenters. The highest BCUT2D eigenvalue weighted by molar-refractivity contribution is 7.12. The molecule has 0 bridgehead atoms. The molecule has 108 valence electrons. The molecule has 20 heavy (non-hydrogen) atoms. The Morgan fingerprint density at radius 3 is 3.05 bits per heavy atom. The van der Waals surface area contributed by atoms with Gasteiger partial charge in [0, 0.05) is 16.3 Å². The largest absolute Gasteiger partial charge is 0.270 e. The van der Waals surface area contributed by atoms with Crippen molar-refractivity contribution >= 4 is 11.3 Å². The zero-order valence-corrected chi connectivity index (χ0v) is 12.6. The van der Waals surface area contributed by atoms with Gasteiger partial charge in [-0.3, -0.25) is 5.84 Å². The van der Waals surface area contributed by atoms with E-state index in [1.807, 2.05) is 16.0 Å². The molecule has 0 amide bonds. The predicted molar refractivity (Wildman–Crippen MR) is 80.4 cm³/mol. The Bertz CT molecular complexity index is 550. The number of nitrogens with zero attached hydrogens (tertiary/aromatic N) is 3. The molecule has 0 fully saturated rings. The van der Waals surface area contributed by atoms with E-state index in [4.69, 9.17) is 5.84 Å². The van der Waals surface area contributed by atoms with Crippen LogP contribution in [0.5, 0.6) is 0 Å². The minimum Gasteiger partial charge on any atom is -0.270 e. The van der Waals surface area contributed by atoms with Crippen molar-refractivity contribution in [1.82, 2.24) is 20.4 Å². The number of hydrogen-bond acceptors (Lipinski definition) is 5. The van der Waals surface area contributed by atoms with E-state index >= 15 is 0 Å². The Kier molecular flexibility index (Phi) is 4.14. The van der Waals surface area contributed by atoms with Gasteiger partial charge in [-0.1, -0.05) is 11.6 Å². The molecule has 0 radical (unpaired) electrons. The van der Waals surface area contributed by atoms with Crippen molar-refractivity contribution in [3.63, 3.8) is 0 Å². The van der Waals surface area contributed by atoms with Crippen LogP contribution in [0.3, 0.4) is 0 Å². The Hall–Kier alpha value is -1.24. The molecule has 0 aliphatic heterocycles. The fourth-order valence-corrected chi connectivity index (χ4v) is 4.21. The molecule has 0 aromatic carbocycles. The third-order valence-corrected chi connectivity index (χ3v) is 5.26. The quantitative estimate of drug-likeness (QED) is 0.515. The van der Waals surface area contributed by atoms with Crippen LogP contribution in [-0.4, -0.2) is 15.0 Å². The molecule has 0 spiro atoms. The first-order valence-corrected chi connectivity index (χ1v) is 8.11. The zero-order chi connectivity index (χ0) is 13.9. The average molecular weight is 291 g/mol. The van der Waals surface area contributed by atoms with Crippen LogP contribution in [0.1, 0.15) is 53.2 Å². The van der Waals surface area contributed by atoms with E-state index in [0.29, 0.717) is 0 Å². The summed E-state index contributed by atoms with van der Waals surface area (Å²) in [5, 5.41) is 8.11. The van der Waals surface area contributed by atoms with Crippen molar-refractivity contribution in [3.8, 4) is 0 Å². The van der Waals surface area contributed by atoms with Gasteiger partial charge in [0.1, 0.15) is 0 Å². The van der Waals surface area contributed by atoms with Crippen LogP contribution in [0.4, 0.5) is 0 Å². The Labute approximate surface area is 123 Å². The van der Waals surface area contributed by atoms with Gasteiger partial charge in [0.2, 0.25) is 0 Å². The first kappa shape index (κ1) is 13.7. The number of fused-ring (bicyclic) bond motifs is 1. The standard InChI is InChI=1S/C14H21N5S/c1-2-19-11(9-16-18-19)14(17-15)13-8-10-6-4-3-5-7-12(10)20-13/h8-9,14,17H,2-7,15H2,1H3. The van der Waals surface area contributed by atoms with Gasteiger partial charge in [-0.2, -0.15) is 0 Å². The molecule has 0 saturated heterocycles. The number of nitrogens with two attached hydrogens (primary N) is 1. The number of nitrogens with one attached hydrogen (secondary N) is 1. The number of hydrogen-bond donors (Lipinski definition) is 2. The molecule has 6 heteroatoms. The van der Waals surface area contributed by atoms with Gasteiger partial charge in [-0.25, -0.2) is 10.1 Å². The summed E-state index contributed by atoms with van der Waals surface area (Å²) in [6, 6.07) is 2.31. The summed E-state index contributed by atoms with van der Waals surface area (Å²) < 4.78 is 1.90. The third-order valence-electron chi connectivity index (χ3n) is 3.96. The lowest BCUT2D eigenvalue weighted by Gasteiger charge is -2.14.